The van der Waals surface area contributed by atoms with Gasteiger partial charge in [-0.15, -0.1) is 0 Å². The Hall–Kier alpha value is -3.36. The number of hydrogen-bond donors (Lipinski definition) is 1. The van der Waals surface area contributed by atoms with Gasteiger partial charge in [0.05, 0.1) is 11.9 Å². The zero-order valence-corrected chi connectivity index (χ0v) is 24.6. The predicted molar refractivity (Wildman–Crippen MR) is 157 cm³/mol. The second-order valence-corrected chi connectivity index (χ2v) is 12.4. The first-order valence-electron chi connectivity index (χ1n) is 12.8. The number of nitrogens with zero attached hydrogens (tertiary/aromatic N) is 2. The standard InChI is InChI=1S/C30H36ClN3O4S/c1-21(2)32-30(36)28(18-24-10-7-6-8-11-24)33(19-25-12-9-13-26(31)17-25)29(35)20-34(39(5,37)38)27-15-14-22(3)23(4)16-27/h6-17,21,28H,18-20H2,1-5H3,(H,32,36)/t28-/m0/s1. The maximum atomic E-state index is 14.0. The summed E-state index contributed by atoms with van der Waals surface area (Å²) in [7, 11) is -3.82. The van der Waals surface area contributed by atoms with Gasteiger partial charge in [0.1, 0.15) is 12.6 Å². The van der Waals surface area contributed by atoms with Crippen molar-refractivity contribution in [2.45, 2.75) is 52.7 Å². The van der Waals surface area contributed by atoms with Gasteiger partial charge in [0.2, 0.25) is 21.8 Å². The van der Waals surface area contributed by atoms with Crippen molar-refractivity contribution in [1.29, 1.82) is 0 Å². The normalized spacial score (nSPS) is 12.2. The molecule has 1 atom stereocenters. The van der Waals surface area contributed by atoms with E-state index in [1.807, 2.05) is 70.2 Å². The van der Waals surface area contributed by atoms with Crippen molar-refractivity contribution in [3.8, 4) is 0 Å². The number of rotatable bonds is 11. The molecule has 0 aliphatic rings. The number of carbonyl (C=O) groups excluding carboxylic acids is 2. The Morgan fingerprint density at radius 2 is 1.56 bits per heavy atom. The minimum Gasteiger partial charge on any atom is -0.352 e. The van der Waals surface area contributed by atoms with Crippen LogP contribution in [0.15, 0.2) is 72.8 Å². The number of aryl methyl sites for hydroxylation is 2. The second-order valence-electron chi connectivity index (χ2n) is 10.1. The van der Waals surface area contributed by atoms with E-state index in [4.69, 9.17) is 11.6 Å². The molecule has 2 amide bonds. The Morgan fingerprint density at radius 3 is 2.15 bits per heavy atom. The summed E-state index contributed by atoms with van der Waals surface area (Å²) >= 11 is 6.23. The molecule has 3 aromatic rings. The Bertz CT molecular complexity index is 1410. The summed E-state index contributed by atoms with van der Waals surface area (Å²) in [4.78, 5) is 29.0. The van der Waals surface area contributed by atoms with Crippen molar-refractivity contribution in [2.24, 2.45) is 0 Å². The van der Waals surface area contributed by atoms with Gasteiger partial charge in [0.25, 0.3) is 0 Å². The van der Waals surface area contributed by atoms with E-state index >= 15 is 0 Å². The minimum absolute atomic E-state index is 0.0763. The van der Waals surface area contributed by atoms with Crippen LogP contribution in [-0.2, 0) is 32.6 Å². The molecule has 0 aliphatic carbocycles. The van der Waals surface area contributed by atoms with Gasteiger partial charge >= 0.3 is 0 Å². The summed E-state index contributed by atoms with van der Waals surface area (Å²) in [5.41, 5.74) is 3.91. The Kier molecular flexibility index (Phi) is 10.2. The highest BCUT2D eigenvalue weighted by Gasteiger charge is 2.33. The number of carbonyl (C=O) groups is 2. The van der Waals surface area contributed by atoms with Crippen molar-refractivity contribution in [2.75, 3.05) is 17.1 Å². The molecule has 9 heteroatoms. The molecule has 3 aromatic carbocycles. The van der Waals surface area contributed by atoms with Crippen LogP contribution in [0.5, 0.6) is 0 Å². The van der Waals surface area contributed by atoms with Gasteiger partial charge in [0.15, 0.2) is 0 Å². The van der Waals surface area contributed by atoms with E-state index in [0.29, 0.717) is 10.7 Å². The van der Waals surface area contributed by atoms with Gasteiger partial charge in [0, 0.05) is 24.0 Å². The fourth-order valence-corrected chi connectivity index (χ4v) is 5.32. The zero-order valence-electron chi connectivity index (χ0n) is 23.0. The van der Waals surface area contributed by atoms with Gasteiger partial charge in [-0.05, 0) is 74.2 Å². The molecule has 0 aromatic heterocycles. The van der Waals surface area contributed by atoms with E-state index < -0.39 is 28.5 Å². The van der Waals surface area contributed by atoms with Gasteiger partial charge in [-0.1, -0.05) is 60.1 Å². The van der Waals surface area contributed by atoms with E-state index in [0.717, 1.165) is 32.8 Å². The summed E-state index contributed by atoms with van der Waals surface area (Å²) in [6.07, 6.45) is 1.33. The van der Waals surface area contributed by atoms with Crippen LogP contribution in [0.4, 0.5) is 5.69 Å². The zero-order chi connectivity index (χ0) is 28.7. The number of halogens is 1. The molecule has 39 heavy (non-hydrogen) atoms. The number of amides is 2. The lowest BCUT2D eigenvalue weighted by atomic mass is 10.0. The Labute approximate surface area is 236 Å². The van der Waals surface area contributed by atoms with Crippen molar-refractivity contribution in [3.63, 3.8) is 0 Å². The molecule has 0 fully saturated rings. The number of anilines is 1. The third kappa shape index (κ3) is 8.57. The topological polar surface area (TPSA) is 86.8 Å². The smallest absolute Gasteiger partial charge is 0.244 e. The summed E-state index contributed by atoms with van der Waals surface area (Å²) in [5, 5.41) is 3.43. The molecule has 208 valence electrons. The van der Waals surface area contributed by atoms with Crippen LogP contribution in [0.2, 0.25) is 5.02 Å². The van der Waals surface area contributed by atoms with E-state index in [2.05, 4.69) is 5.32 Å². The second kappa shape index (κ2) is 13.1. The van der Waals surface area contributed by atoms with E-state index in [9.17, 15) is 18.0 Å². The molecule has 0 aliphatic heterocycles. The maximum absolute atomic E-state index is 14.0. The lowest BCUT2D eigenvalue weighted by Gasteiger charge is -2.34. The highest BCUT2D eigenvalue weighted by atomic mass is 35.5. The van der Waals surface area contributed by atoms with Crippen molar-refractivity contribution < 1.29 is 18.0 Å². The van der Waals surface area contributed by atoms with Crippen LogP contribution in [0, 0.1) is 13.8 Å². The van der Waals surface area contributed by atoms with Gasteiger partial charge < -0.3 is 10.2 Å². The minimum atomic E-state index is -3.82. The third-order valence-electron chi connectivity index (χ3n) is 6.40. The fourth-order valence-electron chi connectivity index (χ4n) is 4.26. The van der Waals surface area contributed by atoms with Crippen LogP contribution in [0.1, 0.15) is 36.1 Å². The predicted octanol–water partition coefficient (Wildman–Crippen LogP) is 4.89. The molecule has 3 rings (SSSR count). The fraction of sp³-hybridized carbons (Fsp3) is 0.333. The molecule has 0 saturated carbocycles. The molecule has 1 N–H and O–H groups in total. The van der Waals surface area contributed by atoms with Crippen LogP contribution in [0.3, 0.4) is 0 Å². The van der Waals surface area contributed by atoms with E-state index in [1.54, 1.807) is 30.3 Å². The Balaban J connectivity index is 2.07. The first-order chi connectivity index (χ1) is 18.3. The monoisotopic (exact) mass is 569 g/mol. The van der Waals surface area contributed by atoms with Gasteiger partial charge in [-0.25, -0.2) is 8.42 Å². The quantitative estimate of drug-likeness (QED) is 0.356. The molecular formula is C30H36ClN3O4S. The van der Waals surface area contributed by atoms with Gasteiger partial charge in [-0.2, -0.15) is 0 Å². The van der Waals surface area contributed by atoms with Crippen molar-refractivity contribution in [1.82, 2.24) is 10.2 Å². The molecule has 0 heterocycles. The average Bonchev–Trinajstić information content (AvgIpc) is 2.86. The van der Waals surface area contributed by atoms with Crippen LogP contribution < -0.4 is 9.62 Å². The van der Waals surface area contributed by atoms with Crippen LogP contribution >= 0.6 is 11.6 Å². The van der Waals surface area contributed by atoms with Crippen molar-refractivity contribution in [3.05, 3.63) is 100 Å². The number of benzene rings is 3. The molecule has 0 bridgehead atoms. The van der Waals surface area contributed by atoms with Gasteiger partial charge in [-0.3, -0.25) is 13.9 Å². The van der Waals surface area contributed by atoms with Crippen molar-refractivity contribution >= 4 is 39.1 Å². The largest absolute Gasteiger partial charge is 0.352 e. The summed E-state index contributed by atoms with van der Waals surface area (Å²) in [5.74, 6) is -0.820. The van der Waals surface area contributed by atoms with E-state index in [-0.39, 0.29) is 24.9 Å². The molecule has 7 nitrogen and oxygen atoms in total. The van der Waals surface area contributed by atoms with E-state index in [1.165, 1.54) is 4.90 Å². The molecule has 0 radical (unpaired) electrons. The maximum Gasteiger partial charge on any atom is 0.244 e. The Morgan fingerprint density at radius 1 is 0.897 bits per heavy atom. The number of nitrogens with one attached hydrogen (secondary N) is 1. The SMILES string of the molecule is Cc1ccc(N(CC(=O)N(Cc2cccc(Cl)c2)[C@@H](Cc2ccccc2)C(=O)NC(C)C)S(C)(=O)=O)cc1C. The highest BCUT2D eigenvalue weighted by Crippen LogP contribution is 2.23. The average molecular weight is 570 g/mol. The number of sulfonamides is 1. The lowest BCUT2D eigenvalue weighted by Crippen LogP contribution is -2.54. The molecular weight excluding hydrogens is 534 g/mol. The first-order valence-corrected chi connectivity index (χ1v) is 15.0. The summed E-state index contributed by atoms with van der Waals surface area (Å²) in [6, 6.07) is 20.7. The summed E-state index contributed by atoms with van der Waals surface area (Å²) in [6.45, 7) is 7.15. The summed E-state index contributed by atoms with van der Waals surface area (Å²) < 4.78 is 26.9. The first kappa shape index (κ1) is 30.2. The third-order valence-corrected chi connectivity index (χ3v) is 7.78. The number of hydrogen-bond acceptors (Lipinski definition) is 4. The molecule has 0 saturated heterocycles. The molecule has 0 spiro atoms. The van der Waals surface area contributed by atoms with Crippen LogP contribution in [-0.4, -0.2) is 50.0 Å². The lowest BCUT2D eigenvalue weighted by molar-refractivity contribution is -0.140. The molecule has 0 unspecified atom stereocenters. The highest BCUT2D eigenvalue weighted by molar-refractivity contribution is 7.92. The van der Waals surface area contributed by atoms with Crippen LogP contribution in [0.25, 0.3) is 0 Å².